The summed E-state index contributed by atoms with van der Waals surface area (Å²) in [5, 5.41) is 0. The van der Waals surface area contributed by atoms with Crippen molar-refractivity contribution >= 4 is 46.4 Å². The van der Waals surface area contributed by atoms with Crippen LogP contribution in [0.2, 0.25) is 0 Å². The molecule has 34 heavy (non-hydrogen) atoms. The molecule has 6 nitrogen and oxygen atoms in total. The van der Waals surface area contributed by atoms with Crippen LogP contribution in [-0.2, 0) is 0 Å². The largest absolute Gasteiger partial charge is 0.368 e. The third-order valence-electron chi connectivity index (χ3n) is 5.03. The van der Waals surface area contributed by atoms with Crippen LogP contribution in [0.1, 0.15) is 22.8 Å². The number of hydrogen-bond acceptors (Lipinski definition) is 2. The van der Waals surface area contributed by atoms with Crippen LogP contribution < -0.4 is 0 Å². The van der Waals surface area contributed by atoms with Gasteiger partial charge in [-0.15, -0.1) is 0 Å². The van der Waals surface area contributed by atoms with E-state index in [9.17, 15) is 0 Å². The first-order chi connectivity index (χ1) is 16.8. The maximum absolute atomic E-state index is 4.63. The molecule has 0 aromatic carbocycles. The summed E-state index contributed by atoms with van der Waals surface area (Å²) in [6, 6.07) is 24.1. The number of nitrogens with one attached hydrogen (secondary N) is 4. The molecule has 2 aliphatic heterocycles. The van der Waals surface area contributed by atoms with Crippen LogP contribution in [0, 0.1) is 0 Å². The smallest absolute Gasteiger partial charge is 0.0658 e. The highest BCUT2D eigenvalue weighted by atomic mass is 14.8. The van der Waals surface area contributed by atoms with Crippen molar-refractivity contribution in [2.75, 3.05) is 0 Å². The summed E-state index contributed by atoms with van der Waals surface area (Å²) >= 11 is 0. The van der Waals surface area contributed by atoms with E-state index in [0.29, 0.717) is 0 Å². The molecule has 0 spiro atoms. The molecule has 166 valence electrons. The molecule has 2 aliphatic rings. The first-order valence-electron chi connectivity index (χ1n) is 11.0. The van der Waals surface area contributed by atoms with Crippen molar-refractivity contribution in [1.29, 1.82) is 0 Å². The van der Waals surface area contributed by atoms with E-state index in [2.05, 4.69) is 54.2 Å². The van der Waals surface area contributed by atoms with Gasteiger partial charge in [0.25, 0.3) is 0 Å². The van der Waals surface area contributed by atoms with E-state index in [1.165, 1.54) is 0 Å². The molecular formula is C28H24N6. The van der Waals surface area contributed by atoms with E-state index in [0.717, 1.165) is 44.8 Å². The first kappa shape index (κ1) is 21.0. The summed E-state index contributed by atoms with van der Waals surface area (Å²) in [6.07, 6.45) is 15.6. The average Bonchev–Trinajstić information content (AvgIpc) is 3.65. The molecule has 7 rings (SSSR count). The van der Waals surface area contributed by atoms with E-state index in [1.807, 2.05) is 97.6 Å². The second kappa shape index (κ2) is 10.2. The summed E-state index contributed by atoms with van der Waals surface area (Å²) < 4.78 is 0. The van der Waals surface area contributed by atoms with Crippen molar-refractivity contribution in [3.05, 3.63) is 120 Å². The first-order valence-corrected chi connectivity index (χ1v) is 11.0. The Labute approximate surface area is 196 Å². The fraction of sp³-hybridized carbons (Fsp3) is 0. The lowest BCUT2D eigenvalue weighted by Crippen LogP contribution is -1.75. The summed E-state index contributed by atoms with van der Waals surface area (Å²) in [5.74, 6) is 0. The molecule has 5 aromatic heterocycles. The Hall–Kier alpha value is -4.84. The Morgan fingerprint density at radius 2 is 0.706 bits per heavy atom. The van der Waals surface area contributed by atoms with E-state index >= 15 is 0 Å². The summed E-state index contributed by atoms with van der Waals surface area (Å²) in [4.78, 5) is 21.7. The Morgan fingerprint density at radius 3 is 0.941 bits per heavy atom. The van der Waals surface area contributed by atoms with Crippen molar-refractivity contribution in [2.24, 2.45) is 0 Å². The zero-order valence-electron chi connectivity index (χ0n) is 18.4. The quantitative estimate of drug-likeness (QED) is 0.210. The monoisotopic (exact) mass is 444 g/mol. The third-order valence-corrected chi connectivity index (χ3v) is 5.03. The highest BCUT2D eigenvalue weighted by Gasteiger charge is 2.01. The summed E-state index contributed by atoms with van der Waals surface area (Å²) in [5.41, 5.74) is 7.86. The molecule has 0 fully saturated rings. The maximum Gasteiger partial charge on any atom is 0.0658 e. The topological polar surface area (TPSA) is 88.9 Å². The van der Waals surface area contributed by atoms with Crippen LogP contribution in [0.25, 0.3) is 46.4 Å². The Balaban J connectivity index is 0.000000199. The molecule has 0 amide bonds. The molecule has 0 saturated carbocycles. The lowest BCUT2D eigenvalue weighted by atomic mass is 10.3. The van der Waals surface area contributed by atoms with Crippen LogP contribution in [0.4, 0.5) is 0 Å². The molecule has 0 aliphatic carbocycles. The van der Waals surface area contributed by atoms with Crippen LogP contribution in [0.15, 0.2) is 97.6 Å². The molecule has 4 N–H and O–H groups in total. The minimum atomic E-state index is 0.939. The Morgan fingerprint density at radius 1 is 0.412 bits per heavy atom. The van der Waals surface area contributed by atoms with Gasteiger partial charge in [0.2, 0.25) is 0 Å². The molecule has 0 saturated heterocycles. The molecule has 0 unspecified atom stereocenters. The van der Waals surface area contributed by atoms with Gasteiger partial charge in [-0.3, -0.25) is 0 Å². The predicted octanol–water partition coefficient (Wildman–Crippen LogP) is 6.69. The lowest BCUT2D eigenvalue weighted by Gasteiger charge is -1.85. The normalized spacial score (nSPS) is 11.3. The molecule has 8 bridgehead atoms. The number of rotatable bonds is 0. The van der Waals surface area contributed by atoms with Gasteiger partial charge in [-0.2, -0.15) is 0 Å². The SMILES string of the molecule is C1=Cc2cc3ccc(cc4nc(cc5ccc(cc1n2)[nH]5)C=C4)[nH]3.c1cc[nH]c1.c1cc[nH]c1. The molecule has 7 heterocycles. The Bertz CT molecular complexity index is 1310. The molecular weight excluding hydrogens is 420 g/mol. The van der Waals surface area contributed by atoms with Gasteiger partial charge in [-0.25, -0.2) is 9.97 Å². The van der Waals surface area contributed by atoms with Gasteiger partial charge in [0.1, 0.15) is 0 Å². The second-order valence-corrected chi connectivity index (χ2v) is 7.67. The molecule has 5 aromatic rings. The van der Waals surface area contributed by atoms with Gasteiger partial charge < -0.3 is 19.9 Å². The van der Waals surface area contributed by atoms with E-state index in [-0.39, 0.29) is 0 Å². The number of nitrogens with zero attached hydrogens (tertiary/aromatic N) is 2. The van der Waals surface area contributed by atoms with Gasteiger partial charge in [0.15, 0.2) is 0 Å². The summed E-state index contributed by atoms with van der Waals surface area (Å²) in [6.45, 7) is 0. The third kappa shape index (κ3) is 5.69. The van der Waals surface area contributed by atoms with Crippen molar-refractivity contribution in [2.45, 2.75) is 0 Å². The van der Waals surface area contributed by atoms with Gasteiger partial charge in [-0.1, -0.05) is 0 Å². The van der Waals surface area contributed by atoms with Crippen LogP contribution >= 0.6 is 0 Å². The maximum atomic E-state index is 4.63. The number of fused-ring (bicyclic) bond motifs is 8. The highest BCUT2D eigenvalue weighted by molar-refractivity contribution is 5.77. The van der Waals surface area contributed by atoms with E-state index in [4.69, 9.17) is 0 Å². The van der Waals surface area contributed by atoms with Crippen molar-refractivity contribution < 1.29 is 0 Å². The van der Waals surface area contributed by atoms with Crippen LogP contribution in [0.3, 0.4) is 0 Å². The molecule has 0 atom stereocenters. The number of H-pyrrole nitrogens is 4. The molecule has 0 radical (unpaired) electrons. The Kier molecular flexibility index (Phi) is 6.30. The van der Waals surface area contributed by atoms with Crippen LogP contribution in [0.5, 0.6) is 0 Å². The minimum absolute atomic E-state index is 0.939. The van der Waals surface area contributed by atoms with Crippen LogP contribution in [-0.4, -0.2) is 29.9 Å². The van der Waals surface area contributed by atoms with Crippen molar-refractivity contribution in [1.82, 2.24) is 29.9 Å². The number of aromatic amines is 4. The molecule has 6 heteroatoms. The van der Waals surface area contributed by atoms with E-state index < -0.39 is 0 Å². The van der Waals surface area contributed by atoms with Crippen molar-refractivity contribution in [3.63, 3.8) is 0 Å². The lowest BCUT2D eigenvalue weighted by molar-refractivity contribution is 1.31. The predicted molar refractivity (Wildman–Crippen MR) is 140 cm³/mol. The second-order valence-electron chi connectivity index (χ2n) is 7.67. The highest BCUT2D eigenvalue weighted by Crippen LogP contribution is 2.16. The zero-order valence-corrected chi connectivity index (χ0v) is 18.4. The van der Waals surface area contributed by atoms with Gasteiger partial charge in [-0.05, 0) is 97.1 Å². The van der Waals surface area contributed by atoms with Gasteiger partial charge >= 0.3 is 0 Å². The number of hydrogen-bond donors (Lipinski definition) is 4. The fourth-order valence-electron chi connectivity index (χ4n) is 3.50. The zero-order chi connectivity index (χ0) is 23.0. The number of aromatic nitrogens is 6. The van der Waals surface area contributed by atoms with E-state index in [1.54, 1.807) is 0 Å². The standard InChI is InChI=1S/C20H14N4.2C4H5N/c1-2-14-10-16-5-6-18(23-16)12-20-8-7-19(24-20)11-17-4-3-15(22-17)9-13(1)21-14;2*1-2-4-5-3-1/h1-12,21,24H;2*1-5H. The van der Waals surface area contributed by atoms with Gasteiger partial charge in [0.05, 0.1) is 22.8 Å². The average molecular weight is 445 g/mol. The fourth-order valence-corrected chi connectivity index (χ4v) is 3.50. The van der Waals surface area contributed by atoms with Gasteiger partial charge in [0, 0.05) is 46.9 Å². The minimum Gasteiger partial charge on any atom is -0.368 e. The van der Waals surface area contributed by atoms with Crippen molar-refractivity contribution in [3.8, 4) is 0 Å². The summed E-state index contributed by atoms with van der Waals surface area (Å²) in [7, 11) is 0.